The summed E-state index contributed by atoms with van der Waals surface area (Å²) in [6.45, 7) is 9.37. The third-order valence-corrected chi connectivity index (χ3v) is 4.86. The second-order valence-corrected chi connectivity index (χ2v) is 6.47. The molecule has 108 valence electrons. The summed E-state index contributed by atoms with van der Waals surface area (Å²) in [7, 11) is 1.75. The molecule has 5 heteroatoms. The minimum Gasteiger partial charge on any atom is -0.383 e. The number of piperidine rings is 1. The van der Waals surface area contributed by atoms with Crippen LogP contribution in [-0.4, -0.2) is 44.9 Å². The zero-order valence-corrected chi connectivity index (χ0v) is 13.1. The number of hydrogen-bond donors (Lipinski definition) is 1. The van der Waals surface area contributed by atoms with Gasteiger partial charge in [-0.1, -0.05) is 0 Å². The molecule has 1 saturated heterocycles. The van der Waals surface area contributed by atoms with Crippen LogP contribution in [0.4, 0.5) is 5.13 Å². The molecule has 1 aromatic rings. The Hall–Kier alpha value is -0.650. The van der Waals surface area contributed by atoms with Gasteiger partial charge >= 0.3 is 0 Å². The van der Waals surface area contributed by atoms with Crippen molar-refractivity contribution in [3.05, 3.63) is 10.6 Å². The molecular weight excluding hydrogens is 258 g/mol. The number of aromatic nitrogens is 1. The van der Waals surface area contributed by atoms with Gasteiger partial charge in [-0.3, -0.25) is 0 Å². The first kappa shape index (κ1) is 14.8. The lowest BCUT2D eigenvalue weighted by molar-refractivity contribution is 0.197. The van der Waals surface area contributed by atoms with Gasteiger partial charge in [-0.15, -0.1) is 11.3 Å². The molecule has 4 nitrogen and oxygen atoms in total. The molecule has 2 rings (SSSR count). The van der Waals surface area contributed by atoms with E-state index < -0.39 is 0 Å². The number of rotatable bonds is 6. The van der Waals surface area contributed by atoms with Crippen LogP contribution in [0.15, 0.2) is 0 Å². The van der Waals surface area contributed by atoms with Gasteiger partial charge in [0.15, 0.2) is 5.13 Å². The molecule has 1 N–H and O–H groups in total. The highest BCUT2D eigenvalue weighted by molar-refractivity contribution is 7.15. The number of anilines is 1. The first-order chi connectivity index (χ1) is 9.20. The summed E-state index contributed by atoms with van der Waals surface area (Å²) in [5.74, 6) is 0.732. The number of aryl methyl sites for hydroxylation is 2. The molecule has 0 bridgehead atoms. The van der Waals surface area contributed by atoms with Crippen molar-refractivity contribution in [1.82, 2.24) is 10.3 Å². The van der Waals surface area contributed by atoms with E-state index in [1.54, 1.807) is 7.11 Å². The van der Waals surface area contributed by atoms with Crippen molar-refractivity contribution in [2.24, 2.45) is 5.92 Å². The molecule has 0 aliphatic carbocycles. The Kier molecular flexibility index (Phi) is 5.60. The molecule has 1 unspecified atom stereocenters. The van der Waals surface area contributed by atoms with Crippen molar-refractivity contribution in [3.8, 4) is 0 Å². The fourth-order valence-electron chi connectivity index (χ4n) is 2.48. The third-order valence-electron chi connectivity index (χ3n) is 3.72. The van der Waals surface area contributed by atoms with Gasteiger partial charge in [0.1, 0.15) is 0 Å². The van der Waals surface area contributed by atoms with Crippen LogP contribution in [0.5, 0.6) is 0 Å². The lowest BCUT2D eigenvalue weighted by Crippen LogP contribution is -2.40. The topological polar surface area (TPSA) is 37.4 Å². The highest BCUT2D eigenvalue weighted by Gasteiger charge is 2.22. The minimum absolute atomic E-state index is 0.732. The van der Waals surface area contributed by atoms with Gasteiger partial charge in [0, 0.05) is 31.6 Å². The monoisotopic (exact) mass is 283 g/mol. The van der Waals surface area contributed by atoms with E-state index >= 15 is 0 Å². The first-order valence-electron chi connectivity index (χ1n) is 7.09. The Morgan fingerprint density at radius 1 is 1.47 bits per heavy atom. The summed E-state index contributed by atoms with van der Waals surface area (Å²) >= 11 is 1.83. The van der Waals surface area contributed by atoms with E-state index in [9.17, 15) is 0 Å². The van der Waals surface area contributed by atoms with Crippen LogP contribution in [0.3, 0.4) is 0 Å². The Morgan fingerprint density at radius 3 is 3.00 bits per heavy atom. The largest absolute Gasteiger partial charge is 0.383 e. The standard InChI is InChI=1S/C14H25N3OS/c1-11-12(2)19-14(16-11)17-7-4-5-13(10-17)9-15-6-8-18-3/h13,15H,4-10H2,1-3H3. The second-order valence-electron chi connectivity index (χ2n) is 5.29. The number of ether oxygens (including phenoxy) is 1. The summed E-state index contributed by atoms with van der Waals surface area (Å²) < 4.78 is 5.06. The fraction of sp³-hybridized carbons (Fsp3) is 0.786. The predicted octanol–water partition coefficient (Wildman–Crippen LogP) is 2.21. The molecule has 0 saturated carbocycles. The van der Waals surface area contributed by atoms with Crippen molar-refractivity contribution in [1.29, 1.82) is 0 Å². The van der Waals surface area contributed by atoms with E-state index in [0.29, 0.717) is 0 Å². The Balaban J connectivity index is 1.83. The van der Waals surface area contributed by atoms with Crippen molar-refractivity contribution < 1.29 is 4.74 Å². The van der Waals surface area contributed by atoms with Crippen molar-refractivity contribution in [3.63, 3.8) is 0 Å². The summed E-state index contributed by atoms with van der Waals surface area (Å²) in [6.07, 6.45) is 2.59. The zero-order chi connectivity index (χ0) is 13.7. The molecule has 1 atom stereocenters. The minimum atomic E-state index is 0.732. The van der Waals surface area contributed by atoms with Crippen LogP contribution >= 0.6 is 11.3 Å². The van der Waals surface area contributed by atoms with E-state index in [2.05, 4.69) is 29.0 Å². The number of nitrogens with one attached hydrogen (secondary N) is 1. The smallest absolute Gasteiger partial charge is 0.185 e. The van der Waals surface area contributed by atoms with E-state index in [0.717, 1.165) is 38.7 Å². The van der Waals surface area contributed by atoms with Crippen LogP contribution < -0.4 is 10.2 Å². The molecule has 1 aliphatic rings. The Morgan fingerprint density at radius 2 is 2.32 bits per heavy atom. The van der Waals surface area contributed by atoms with Gasteiger partial charge in [0.25, 0.3) is 0 Å². The molecule has 0 amide bonds. The summed E-state index contributed by atoms with van der Waals surface area (Å²) in [5, 5.41) is 4.68. The maximum atomic E-state index is 5.06. The van der Waals surface area contributed by atoms with Gasteiger partial charge in [-0.05, 0) is 39.2 Å². The summed E-state index contributed by atoms with van der Waals surface area (Å²) in [6, 6.07) is 0. The van der Waals surface area contributed by atoms with E-state index in [1.807, 2.05) is 11.3 Å². The highest BCUT2D eigenvalue weighted by atomic mass is 32.1. The molecule has 2 heterocycles. The van der Waals surface area contributed by atoms with Gasteiger partial charge in [0.2, 0.25) is 0 Å². The quantitative estimate of drug-likeness (QED) is 0.812. The van der Waals surface area contributed by atoms with Crippen molar-refractivity contribution >= 4 is 16.5 Å². The van der Waals surface area contributed by atoms with Crippen LogP contribution in [0.25, 0.3) is 0 Å². The molecule has 0 radical (unpaired) electrons. The predicted molar refractivity (Wildman–Crippen MR) is 81.3 cm³/mol. The summed E-state index contributed by atoms with van der Waals surface area (Å²) in [5.41, 5.74) is 1.18. The van der Waals surface area contributed by atoms with Crippen molar-refractivity contribution in [2.75, 3.05) is 44.8 Å². The average Bonchev–Trinajstić information content (AvgIpc) is 2.75. The molecule has 0 spiro atoms. The Labute approximate surface area is 120 Å². The zero-order valence-electron chi connectivity index (χ0n) is 12.2. The summed E-state index contributed by atoms with van der Waals surface area (Å²) in [4.78, 5) is 8.48. The second kappa shape index (κ2) is 7.22. The van der Waals surface area contributed by atoms with Crippen LogP contribution in [0.2, 0.25) is 0 Å². The normalized spacial score (nSPS) is 19.9. The molecule has 1 aliphatic heterocycles. The van der Waals surface area contributed by atoms with Gasteiger partial charge < -0.3 is 15.0 Å². The van der Waals surface area contributed by atoms with E-state index in [4.69, 9.17) is 4.74 Å². The lowest BCUT2D eigenvalue weighted by Gasteiger charge is -2.32. The van der Waals surface area contributed by atoms with Crippen LogP contribution in [0.1, 0.15) is 23.4 Å². The molecule has 0 aromatic carbocycles. The molecule has 1 fully saturated rings. The molecule has 19 heavy (non-hydrogen) atoms. The maximum Gasteiger partial charge on any atom is 0.185 e. The molecular formula is C14H25N3OS. The van der Waals surface area contributed by atoms with Gasteiger partial charge in [-0.25, -0.2) is 4.98 Å². The van der Waals surface area contributed by atoms with Crippen LogP contribution in [0, 0.1) is 19.8 Å². The number of hydrogen-bond acceptors (Lipinski definition) is 5. The molecule has 1 aromatic heterocycles. The van der Waals surface area contributed by atoms with Gasteiger partial charge in [0.05, 0.1) is 12.3 Å². The van der Waals surface area contributed by atoms with E-state index in [-0.39, 0.29) is 0 Å². The highest BCUT2D eigenvalue weighted by Crippen LogP contribution is 2.28. The number of methoxy groups -OCH3 is 1. The average molecular weight is 283 g/mol. The van der Waals surface area contributed by atoms with E-state index in [1.165, 1.54) is 28.5 Å². The lowest BCUT2D eigenvalue weighted by atomic mass is 9.98. The van der Waals surface area contributed by atoms with Crippen LogP contribution in [-0.2, 0) is 4.74 Å². The fourth-order valence-corrected chi connectivity index (χ4v) is 3.42. The number of nitrogens with zero attached hydrogens (tertiary/aromatic N) is 2. The first-order valence-corrected chi connectivity index (χ1v) is 7.91. The van der Waals surface area contributed by atoms with Gasteiger partial charge in [-0.2, -0.15) is 0 Å². The third kappa shape index (κ3) is 4.16. The van der Waals surface area contributed by atoms with Crippen molar-refractivity contribution in [2.45, 2.75) is 26.7 Å². The SMILES string of the molecule is COCCNCC1CCCN(c2nc(C)c(C)s2)C1. The maximum absolute atomic E-state index is 5.06. The number of thiazole rings is 1. The Bertz CT molecular complexity index is 375.